The van der Waals surface area contributed by atoms with E-state index in [0.29, 0.717) is 17.8 Å². The molecule has 0 saturated carbocycles. The highest BCUT2D eigenvalue weighted by Gasteiger charge is 2.26. The molecule has 1 aromatic carbocycles. The van der Waals surface area contributed by atoms with Crippen molar-refractivity contribution in [1.29, 1.82) is 0 Å². The van der Waals surface area contributed by atoms with Crippen molar-refractivity contribution >= 4 is 17.7 Å². The second-order valence-electron chi connectivity index (χ2n) is 4.88. The topological polar surface area (TPSA) is 78.9 Å². The van der Waals surface area contributed by atoms with Crippen molar-refractivity contribution in [3.05, 3.63) is 29.6 Å². The Morgan fingerprint density at radius 2 is 2.29 bits per heavy atom. The Bertz CT molecular complexity index is 550. The second kappa shape index (κ2) is 6.53. The number of carboxylic acids is 1. The van der Waals surface area contributed by atoms with Crippen molar-refractivity contribution in [1.82, 2.24) is 4.90 Å². The number of carbonyl (C=O) groups is 2. The van der Waals surface area contributed by atoms with Crippen LogP contribution in [0.1, 0.15) is 12.0 Å². The van der Waals surface area contributed by atoms with Crippen molar-refractivity contribution in [2.24, 2.45) is 0 Å². The van der Waals surface area contributed by atoms with Crippen molar-refractivity contribution < 1.29 is 23.8 Å². The summed E-state index contributed by atoms with van der Waals surface area (Å²) in [6.07, 6.45) is -0.668. The molecule has 21 heavy (non-hydrogen) atoms. The predicted molar refractivity (Wildman–Crippen MR) is 73.7 cm³/mol. The third-order valence-corrected chi connectivity index (χ3v) is 3.34. The Hall–Kier alpha value is -2.15. The first-order valence-corrected chi connectivity index (χ1v) is 6.62. The minimum absolute atomic E-state index is 0.150. The molecule has 0 bridgehead atoms. The zero-order valence-corrected chi connectivity index (χ0v) is 11.6. The summed E-state index contributed by atoms with van der Waals surface area (Å²) in [5, 5.41) is 11.4. The van der Waals surface area contributed by atoms with Crippen LogP contribution in [0.5, 0.6) is 0 Å². The number of amides is 2. The number of nitrogens with one attached hydrogen (secondary N) is 1. The fourth-order valence-corrected chi connectivity index (χ4v) is 2.16. The molecule has 1 aromatic rings. The molecule has 1 aliphatic heterocycles. The van der Waals surface area contributed by atoms with Gasteiger partial charge in [-0.05, 0) is 19.1 Å². The van der Waals surface area contributed by atoms with Gasteiger partial charge in [0.2, 0.25) is 0 Å². The molecular weight excluding hydrogens is 279 g/mol. The zero-order chi connectivity index (χ0) is 15.4. The number of carboxylic acid groups (broad SMARTS) is 1. The van der Waals surface area contributed by atoms with Crippen LogP contribution in [0.3, 0.4) is 0 Å². The van der Waals surface area contributed by atoms with Crippen LogP contribution in [-0.4, -0.2) is 47.8 Å². The Morgan fingerprint density at radius 1 is 1.52 bits per heavy atom. The van der Waals surface area contributed by atoms with Crippen molar-refractivity contribution in [3.8, 4) is 0 Å². The highest BCUT2D eigenvalue weighted by atomic mass is 19.1. The molecule has 0 spiro atoms. The first-order chi connectivity index (χ1) is 9.97. The number of morpholine rings is 1. The number of benzene rings is 1. The monoisotopic (exact) mass is 296 g/mol. The van der Waals surface area contributed by atoms with Crippen LogP contribution in [0, 0.1) is 12.7 Å². The smallest absolute Gasteiger partial charge is 0.322 e. The summed E-state index contributed by atoms with van der Waals surface area (Å²) >= 11 is 0. The average Bonchev–Trinajstić information content (AvgIpc) is 2.43. The lowest BCUT2D eigenvalue weighted by Gasteiger charge is -2.32. The Balaban J connectivity index is 1.99. The lowest BCUT2D eigenvalue weighted by Crippen LogP contribution is -2.48. The summed E-state index contributed by atoms with van der Waals surface area (Å²) in [5.74, 6) is -1.36. The van der Waals surface area contributed by atoms with E-state index in [4.69, 9.17) is 9.84 Å². The number of hydrogen-bond donors (Lipinski definition) is 2. The molecule has 1 aliphatic rings. The lowest BCUT2D eigenvalue weighted by atomic mass is 10.2. The Kier molecular flexibility index (Phi) is 4.74. The van der Waals surface area contributed by atoms with Crippen LogP contribution < -0.4 is 5.32 Å². The molecule has 1 atom stereocenters. The average molecular weight is 296 g/mol. The van der Waals surface area contributed by atoms with Crippen LogP contribution in [0.15, 0.2) is 18.2 Å². The zero-order valence-electron chi connectivity index (χ0n) is 11.6. The summed E-state index contributed by atoms with van der Waals surface area (Å²) in [7, 11) is 0. The predicted octanol–water partition coefficient (Wildman–Crippen LogP) is 1.84. The summed E-state index contributed by atoms with van der Waals surface area (Å²) in [6.45, 7) is 2.44. The maximum absolute atomic E-state index is 13.4. The third kappa shape index (κ3) is 3.91. The Labute approximate surface area is 121 Å². The molecule has 1 unspecified atom stereocenters. The van der Waals surface area contributed by atoms with Gasteiger partial charge < -0.3 is 20.1 Å². The number of hydrogen-bond acceptors (Lipinski definition) is 3. The molecular formula is C14H17FN2O4. The van der Waals surface area contributed by atoms with E-state index in [0.717, 1.165) is 0 Å². The number of rotatable bonds is 3. The van der Waals surface area contributed by atoms with Gasteiger partial charge in [-0.2, -0.15) is 0 Å². The van der Waals surface area contributed by atoms with Crippen molar-refractivity contribution in [2.45, 2.75) is 19.4 Å². The summed E-state index contributed by atoms with van der Waals surface area (Å²) in [6, 6.07) is 4.07. The first-order valence-electron chi connectivity index (χ1n) is 6.62. The molecule has 0 aromatic heterocycles. The fraction of sp³-hybridized carbons (Fsp3) is 0.429. The summed E-state index contributed by atoms with van der Waals surface area (Å²) in [4.78, 5) is 24.3. The quantitative estimate of drug-likeness (QED) is 0.892. The van der Waals surface area contributed by atoms with Gasteiger partial charge in [0.25, 0.3) is 0 Å². The van der Waals surface area contributed by atoms with Gasteiger partial charge >= 0.3 is 12.0 Å². The maximum Gasteiger partial charge on any atom is 0.322 e. The lowest BCUT2D eigenvalue weighted by molar-refractivity contribution is -0.141. The van der Waals surface area contributed by atoms with Gasteiger partial charge in [0, 0.05) is 24.3 Å². The Morgan fingerprint density at radius 3 is 3.00 bits per heavy atom. The molecule has 1 heterocycles. The molecule has 2 rings (SSSR count). The van der Waals surface area contributed by atoms with Crippen LogP contribution in [-0.2, 0) is 9.53 Å². The van der Waals surface area contributed by atoms with E-state index >= 15 is 0 Å². The molecule has 0 radical (unpaired) electrons. The van der Waals surface area contributed by atoms with Crippen LogP contribution in [0.25, 0.3) is 0 Å². The molecule has 1 fully saturated rings. The van der Waals surface area contributed by atoms with Crippen LogP contribution in [0.4, 0.5) is 14.9 Å². The van der Waals surface area contributed by atoms with Gasteiger partial charge in [-0.3, -0.25) is 4.79 Å². The summed E-state index contributed by atoms with van der Waals surface area (Å²) in [5.41, 5.74) is 0.766. The second-order valence-corrected chi connectivity index (χ2v) is 4.88. The third-order valence-electron chi connectivity index (χ3n) is 3.34. The number of nitrogens with zero attached hydrogens (tertiary/aromatic N) is 1. The van der Waals surface area contributed by atoms with E-state index in [1.165, 1.54) is 17.0 Å². The number of anilines is 1. The highest BCUT2D eigenvalue weighted by Crippen LogP contribution is 2.18. The molecule has 1 saturated heterocycles. The number of urea groups is 1. The number of aliphatic carboxylic acids is 1. The van der Waals surface area contributed by atoms with Gasteiger partial charge in [0.05, 0.1) is 19.1 Å². The molecule has 2 N–H and O–H groups in total. The molecule has 114 valence electrons. The van der Waals surface area contributed by atoms with E-state index in [1.54, 1.807) is 13.0 Å². The molecule has 7 heteroatoms. The van der Waals surface area contributed by atoms with Crippen LogP contribution in [0.2, 0.25) is 0 Å². The number of halogens is 1. The first kappa shape index (κ1) is 15.2. The summed E-state index contributed by atoms with van der Waals surface area (Å²) < 4.78 is 18.7. The van der Waals surface area contributed by atoms with E-state index in [-0.39, 0.29) is 25.6 Å². The minimum Gasteiger partial charge on any atom is -0.481 e. The van der Waals surface area contributed by atoms with E-state index < -0.39 is 17.9 Å². The minimum atomic E-state index is -0.969. The van der Waals surface area contributed by atoms with E-state index in [2.05, 4.69) is 5.32 Å². The fourth-order valence-electron chi connectivity index (χ4n) is 2.16. The SMILES string of the molecule is Cc1c(F)cccc1NC(=O)N1CCOC(CC(=O)O)C1. The number of carbonyl (C=O) groups excluding carboxylic acids is 1. The normalized spacial score (nSPS) is 18.4. The standard InChI is InChI=1S/C14H17FN2O4/c1-9-11(15)3-2-4-12(9)16-14(20)17-5-6-21-10(8-17)7-13(18)19/h2-4,10H,5-8H2,1H3,(H,16,20)(H,18,19). The van der Waals surface area contributed by atoms with Crippen molar-refractivity contribution in [3.63, 3.8) is 0 Å². The van der Waals surface area contributed by atoms with E-state index in [1.807, 2.05) is 0 Å². The van der Waals surface area contributed by atoms with Crippen molar-refractivity contribution in [2.75, 3.05) is 25.0 Å². The van der Waals surface area contributed by atoms with Gasteiger partial charge in [0.1, 0.15) is 5.82 Å². The van der Waals surface area contributed by atoms with Gasteiger partial charge in [-0.15, -0.1) is 0 Å². The molecule has 2 amide bonds. The molecule has 6 nitrogen and oxygen atoms in total. The largest absolute Gasteiger partial charge is 0.481 e. The van der Waals surface area contributed by atoms with Crippen LogP contribution >= 0.6 is 0 Å². The number of ether oxygens (including phenoxy) is 1. The van der Waals surface area contributed by atoms with E-state index in [9.17, 15) is 14.0 Å². The van der Waals surface area contributed by atoms with Gasteiger partial charge in [-0.1, -0.05) is 6.07 Å². The van der Waals surface area contributed by atoms with Gasteiger partial charge in [0.15, 0.2) is 0 Å². The maximum atomic E-state index is 13.4. The molecule has 0 aliphatic carbocycles. The highest BCUT2D eigenvalue weighted by molar-refractivity contribution is 5.90. The van der Waals surface area contributed by atoms with Gasteiger partial charge in [-0.25, -0.2) is 9.18 Å².